The van der Waals surface area contributed by atoms with Gasteiger partial charge in [0.25, 0.3) is 0 Å². The summed E-state index contributed by atoms with van der Waals surface area (Å²) in [6.07, 6.45) is 3.12. The van der Waals surface area contributed by atoms with Gasteiger partial charge in [-0.05, 0) is 34.2 Å². The predicted octanol–water partition coefficient (Wildman–Crippen LogP) is 3.10. The minimum absolute atomic E-state index is 0.0178. The van der Waals surface area contributed by atoms with Crippen LogP contribution in [0.1, 0.15) is 37.5 Å². The van der Waals surface area contributed by atoms with Gasteiger partial charge in [0.05, 0.1) is 11.4 Å². The Labute approximate surface area is 160 Å². The lowest BCUT2D eigenvalue weighted by Gasteiger charge is -2.19. The maximum atomic E-state index is 12.7. The van der Waals surface area contributed by atoms with Gasteiger partial charge in [-0.2, -0.15) is 5.10 Å². The zero-order chi connectivity index (χ0) is 19.5. The molecule has 6 nitrogen and oxygen atoms in total. The van der Waals surface area contributed by atoms with E-state index in [0.717, 1.165) is 16.7 Å². The fourth-order valence-corrected chi connectivity index (χ4v) is 3.77. The monoisotopic (exact) mass is 384 g/mol. The van der Waals surface area contributed by atoms with Crippen LogP contribution in [0.2, 0.25) is 0 Å². The molecule has 7 heteroatoms. The summed E-state index contributed by atoms with van der Waals surface area (Å²) < 4.78 is 29.7. The summed E-state index contributed by atoms with van der Waals surface area (Å²) in [7, 11) is -3.58. The van der Waals surface area contributed by atoms with Gasteiger partial charge in [-0.15, -0.1) is 0 Å². The van der Waals surface area contributed by atoms with Crippen LogP contribution in [0.3, 0.4) is 0 Å². The lowest BCUT2D eigenvalue weighted by Crippen LogP contribution is -2.24. The number of nitrogens with zero attached hydrogens (tertiary/aromatic N) is 3. The van der Waals surface area contributed by atoms with Gasteiger partial charge in [0.1, 0.15) is 12.7 Å². The molecule has 0 aliphatic carbocycles. The second-order valence-electron chi connectivity index (χ2n) is 7.46. The standard InChI is InChI=1S/C20H24N4O2S/c1-20(2,3)18-8-10-19(11-9-18)27(25,26)23-12-16-6-4-5-7-17(16)13-24-15-21-14-22-24/h4-11,14-15,23H,12-13H2,1-3H3. The summed E-state index contributed by atoms with van der Waals surface area (Å²) in [6.45, 7) is 7.05. The van der Waals surface area contributed by atoms with Crippen molar-refractivity contribution in [3.8, 4) is 0 Å². The molecule has 0 radical (unpaired) electrons. The van der Waals surface area contributed by atoms with Crippen molar-refractivity contribution in [2.75, 3.05) is 0 Å². The fraction of sp³-hybridized carbons (Fsp3) is 0.300. The van der Waals surface area contributed by atoms with Gasteiger partial charge in [0, 0.05) is 6.54 Å². The Morgan fingerprint density at radius 3 is 2.26 bits per heavy atom. The normalized spacial score (nSPS) is 12.3. The molecule has 1 N–H and O–H groups in total. The molecule has 0 saturated heterocycles. The van der Waals surface area contributed by atoms with E-state index in [1.807, 2.05) is 36.4 Å². The topological polar surface area (TPSA) is 76.9 Å². The highest BCUT2D eigenvalue weighted by molar-refractivity contribution is 7.89. The second-order valence-corrected chi connectivity index (χ2v) is 9.23. The molecule has 0 spiro atoms. The van der Waals surface area contributed by atoms with Crippen LogP contribution in [-0.4, -0.2) is 23.2 Å². The van der Waals surface area contributed by atoms with Crippen molar-refractivity contribution < 1.29 is 8.42 Å². The molecule has 1 heterocycles. The molecule has 1 aromatic heterocycles. The first-order valence-corrected chi connectivity index (χ1v) is 10.2. The lowest BCUT2D eigenvalue weighted by atomic mass is 9.87. The highest BCUT2D eigenvalue weighted by atomic mass is 32.2. The number of benzene rings is 2. The molecule has 0 aliphatic heterocycles. The maximum absolute atomic E-state index is 12.7. The van der Waals surface area contributed by atoms with Crippen LogP contribution < -0.4 is 4.72 Å². The van der Waals surface area contributed by atoms with Crippen LogP contribution >= 0.6 is 0 Å². The molecule has 3 rings (SSSR count). The highest BCUT2D eigenvalue weighted by Crippen LogP contribution is 2.23. The van der Waals surface area contributed by atoms with Crippen LogP contribution in [0, 0.1) is 0 Å². The zero-order valence-electron chi connectivity index (χ0n) is 15.8. The Kier molecular flexibility index (Phi) is 5.43. The molecule has 0 aliphatic rings. The summed E-state index contributed by atoms with van der Waals surface area (Å²) in [6, 6.07) is 14.7. The molecule has 0 atom stereocenters. The number of aromatic nitrogens is 3. The lowest BCUT2D eigenvalue weighted by molar-refractivity contribution is 0.577. The molecule has 0 amide bonds. The van der Waals surface area contributed by atoms with Crippen LogP contribution in [0.15, 0.2) is 66.1 Å². The van der Waals surface area contributed by atoms with Crippen molar-refractivity contribution in [3.63, 3.8) is 0 Å². The van der Waals surface area contributed by atoms with Crippen LogP contribution in [0.4, 0.5) is 0 Å². The van der Waals surface area contributed by atoms with E-state index in [0.29, 0.717) is 6.54 Å². The summed E-state index contributed by atoms with van der Waals surface area (Å²) in [4.78, 5) is 4.21. The molecule has 0 saturated carbocycles. The summed E-state index contributed by atoms with van der Waals surface area (Å²) in [5.74, 6) is 0. The predicted molar refractivity (Wildman–Crippen MR) is 105 cm³/mol. The Morgan fingerprint density at radius 1 is 1.00 bits per heavy atom. The molecule has 3 aromatic rings. The van der Waals surface area contributed by atoms with E-state index in [1.165, 1.54) is 6.33 Å². The third-order valence-corrected chi connectivity index (χ3v) is 5.82. The van der Waals surface area contributed by atoms with Gasteiger partial charge >= 0.3 is 0 Å². The number of hydrogen-bond acceptors (Lipinski definition) is 4. The van der Waals surface area contributed by atoms with E-state index in [-0.39, 0.29) is 16.9 Å². The van der Waals surface area contributed by atoms with Gasteiger partial charge in [0.15, 0.2) is 0 Å². The first kappa shape index (κ1) is 19.3. The molecular formula is C20H24N4O2S. The fourth-order valence-electron chi connectivity index (χ4n) is 2.76. The average Bonchev–Trinajstić information content (AvgIpc) is 3.13. The summed E-state index contributed by atoms with van der Waals surface area (Å²) in [5, 5.41) is 4.10. The molecule has 27 heavy (non-hydrogen) atoms. The number of sulfonamides is 1. The van der Waals surface area contributed by atoms with E-state index in [4.69, 9.17) is 0 Å². The largest absolute Gasteiger partial charge is 0.249 e. The highest BCUT2D eigenvalue weighted by Gasteiger charge is 2.18. The zero-order valence-corrected chi connectivity index (χ0v) is 16.6. The Bertz CT molecular complexity index is 989. The van der Waals surface area contributed by atoms with Crippen molar-refractivity contribution in [1.82, 2.24) is 19.5 Å². The minimum Gasteiger partial charge on any atom is -0.249 e. The first-order valence-electron chi connectivity index (χ1n) is 8.75. The van der Waals surface area contributed by atoms with E-state index in [2.05, 4.69) is 35.6 Å². The van der Waals surface area contributed by atoms with Gasteiger partial charge < -0.3 is 0 Å². The van der Waals surface area contributed by atoms with E-state index < -0.39 is 10.0 Å². The Morgan fingerprint density at radius 2 is 1.67 bits per heavy atom. The van der Waals surface area contributed by atoms with Crippen molar-refractivity contribution >= 4 is 10.0 Å². The van der Waals surface area contributed by atoms with Crippen molar-refractivity contribution in [2.24, 2.45) is 0 Å². The van der Waals surface area contributed by atoms with Crippen molar-refractivity contribution in [1.29, 1.82) is 0 Å². The number of rotatable bonds is 6. The first-order chi connectivity index (χ1) is 12.8. The van der Waals surface area contributed by atoms with Gasteiger partial charge in [-0.3, -0.25) is 0 Å². The molecule has 0 bridgehead atoms. The van der Waals surface area contributed by atoms with E-state index in [1.54, 1.807) is 23.1 Å². The Hall–Kier alpha value is -2.51. The molecule has 0 unspecified atom stereocenters. The van der Waals surface area contributed by atoms with Gasteiger partial charge in [0.2, 0.25) is 10.0 Å². The third-order valence-electron chi connectivity index (χ3n) is 4.40. The maximum Gasteiger partial charge on any atom is 0.240 e. The summed E-state index contributed by atoms with van der Waals surface area (Å²) in [5.41, 5.74) is 2.98. The average molecular weight is 385 g/mol. The third kappa shape index (κ3) is 4.81. The SMILES string of the molecule is CC(C)(C)c1ccc(S(=O)(=O)NCc2ccccc2Cn2cncn2)cc1. The quantitative estimate of drug-likeness (QED) is 0.708. The molecular weight excluding hydrogens is 360 g/mol. The molecule has 142 valence electrons. The second kappa shape index (κ2) is 7.62. The number of hydrogen-bond donors (Lipinski definition) is 1. The van der Waals surface area contributed by atoms with Gasteiger partial charge in [-0.25, -0.2) is 22.8 Å². The van der Waals surface area contributed by atoms with Gasteiger partial charge in [-0.1, -0.05) is 57.2 Å². The molecule has 2 aromatic carbocycles. The van der Waals surface area contributed by atoms with E-state index in [9.17, 15) is 8.42 Å². The smallest absolute Gasteiger partial charge is 0.240 e. The number of nitrogens with one attached hydrogen (secondary N) is 1. The van der Waals surface area contributed by atoms with Crippen LogP contribution in [0.25, 0.3) is 0 Å². The van der Waals surface area contributed by atoms with Crippen molar-refractivity contribution in [2.45, 2.75) is 44.2 Å². The van der Waals surface area contributed by atoms with Crippen LogP contribution in [-0.2, 0) is 28.5 Å². The summed E-state index contributed by atoms with van der Waals surface area (Å²) >= 11 is 0. The molecule has 0 fully saturated rings. The van der Waals surface area contributed by atoms with E-state index >= 15 is 0 Å². The van der Waals surface area contributed by atoms with Crippen molar-refractivity contribution in [3.05, 3.63) is 77.9 Å². The Balaban J connectivity index is 1.74. The van der Waals surface area contributed by atoms with Crippen LogP contribution in [0.5, 0.6) is 0 Å². The minimum atomic E-state index is -3.58.